The number of benzene rings is 2. The monoisotopic (exact) mass is 372 g/mol. The highest BCUT2D eigenvalue weighted by Gasteiger charge is 2.20. The zero-order valence-corrected chi connectivity index (χ0v) is 16.3. The third-order valence-electron chi connectivity index (χ3n) is 5.26. The van der Waals surface area contributed by atoms with Gasteiger partial charge in [-0.15, -0.1) is 11.3 Å². The number of rotatable bonds is 2. The van der Waals surface area contributed by atoms with Crippen LogP contribution in [0.2, 0.25) is 0 Å². The van der Waals surface area contributed by atoms with Crippen molar-refractivity contribution in [3.8, 4) is 10.6 Å². The Morgan fingerprint density at radius 1 is 1.00 bits per heavy atom. The Balaban J connectivity index is 1.63. The van der Waals surface area contributed by atoms with E-state index in [1.165, 1.54) is 16.7 Å². The fourth-order valence-corrected chi connectivity index (χ4v) is 4.57. The van der Waals surface area contributed by atoms with Crippen molar-refractivity contribution in [1.82, 2.24) is 15.0 Å². The van der Waals surface area contributed by atoms with Crippen LogP contribution < -0.4 is 4.90 Å². The van der Waals surface area contributed by atoms with Gasteiger partial charge < -0.3 is 4.90 Å². The quantitative estimate of drug-likeness (QED) is 0.500. The van der Waals surface area contributed by atoms with E-state index in [-0.39, 0.29) is 0 Å². The van der Waals surface area contributed by atoms with Crippen molar-refractivity contribution >= 4 is 28.1 Å². The van der Waals surface area contributed by atoms with E-state index in [1.54, 1.807) is 17.7 Å². The van der Waals surface area contributed by atoms with E-state index in [9.17, 15) is 0 Å². The molecule has 1 aliphatic rings. The average Bonchev–Trinajstić information content (AvgIpc) is 3.22. The molecule has 0 atom stereocenters. The van der Waals surface area contributed by atoms with Crippen LogP contribution in [0.3, 0.4) is 0 Å². The molecule has 2 aromatic heterocycles. The predicted molar refractivity (Wildman–Crippen MR) is 111 cm³/mol. The van der Waals surface area contributed by atoms with Gasteiger partial charge in [0, 0.05) is 35.6 Å². The Hall–Kier alpha value is -2.79. The van der Waals surface area contributed by atoms with E-state index in [2.05, 4.69) is 64.0 Å². The van der Waals surface area contributed by atoms with Crippen LogP contribution in [0.1, 0.15) is 22.3 Å². The van der Waals surface area contributed by atoms with Crippen molar-refractivity contribution in [3.05, 3.63) is 70.5 Å². The third kappa shape index (κ3) is 2.88. The van der Waals surface area contributed by atoms with Gasteiger partial charge in [0.25, 0.3) is 0 Å². The van der Waals surface area contributed by atoms with Crippen LogP contribution in [0.5, 0.6) is 0 Å². The van der Waals surface area contributed by atoms with Gasteiger partial charge in [-0.2, -0.15) is 0 Å². The first-order valence-corrected chi connectivity index (χ1v) is 10.1. The van der Waals surface area contributed by atoms with E-state index >= 15 is 0 Å². The zero-order valence-electron chi connectivity index (χ0n) is 15.4. The summed E-state index contributed by atoms with van der Waals surface area (Å²) in [7, 11) is 0. The lowest BCUT2D eigenvalue weighted by Crippen LogP contribution is -2.31. The maximum Gasteiger partial charge on any atom is 0.140 e. The number of anilines is 1. The highest BCUT2D eigenvalue weighted by molar-refractivity contribution is 7.13. The van der Waals surface area contributed by atoms with Crippen LogP contribution in [0.4, 0.5) is 5.82 Å². The highest BCUT2D eigenvalue weighted by Crippen LogP contribution is 2.33. The molecule has 4 nitrogen and oxygen atoms in total. The molecule has 0 saturated carbocycles. The molecule has 0 unspecified atom stereocenters. The summed E-state index contributed by atoms with van der Waals surface area (Å²) >= 11 is 1.66. The Morgan fingerprint density at radius 3 is 2.78 bits per heavy atom. The second kappa shape index (κ2) is 6.43. The number of thiazole rings is 1. The van der Waals surface area contributed by atoms with Crippen LogP contribution in [0.15, 0.2) is 48.2 Å². The molecule has 0 aliphatic carbocycles. The van der Waals surface area contributed by atoms with E-state index in [0.717, 1.165) is 52.4 Å². The Kier molecular flexibility index (Phi) is 3.90. The molecular formula is C22H20N4S. The molecule has 0 bridgehead atoms. The smallest absolute Gasteiger partial charge is 0.140 e. The lowest BCUT2D eigenvalue weighted by atomic mass is 9.97. The maximum atomic E-state index is 4.69. The Labute approximate surface area is 162 Å². The molecule has 0 saturated heterocycles. The molecule has 0 N–H and O–H groups in total. The molecule has 1 aliphatic heterocycles. The summed E-state index contributed by atoms with van der Waals surface area (Å²) in [5.74, 6) is 1.02. The summed E-state index contributed by atoms with van der Waals surface area (Å²) in [4.78, 5) is 16.1. The highest BCUT2D eigenvalue weighted by atomic mass is 32.1. The fraction of sp³-hybridized carbons (Fsp3) is 0.227. The summed E-state index contributed by atoms with van der Waals surface area (Å²) in [5, 5.41) is 4.16. The first-order valence-electron chi connectivity index (χ1n) is 9.17. The Bertz CT molecular complexity index is 1130. The normalized spacial score (nSPS) is 13.8. The van der Waals surface area contributed by atoms with Crippen molar-refractivity contribution in [2.24, 2.45) is 0 Å². The minimum absolute atomic E-state index is 0.893. The summed E-state index contributed by atoms with van der Waals surface area (Å²) in [5.41, 5.74) is 7.49. The minimum Gasteiger partial charge on any atom is -0.351 e. The van der Waals surface area contributed by atoms with Gasteiger partial charge in [0.1, 0.15) is 17.2 Å². The first-order chi connectivity index (χ1) is 13.2. The SMILES string of the molecule is Cc1ccc2c(c1)CN(c1ncnc3c(C)cc(-c4nccs4)cc13)CC2. The second-order valence-corrected chi connectivity index (χ2v) is 8.06. The van der Waals surface area contributed by atoms with Crippen molar-refractivity contribution in [3.63, 3.8) is 0 Å². The number of aromatic nitrogens is 3. The van der Waals surface area contributed by atoms with E-state index in [0.29, 0.717) is 0 Å². The molecule has 5 heteroatoms. The number of hydrogen-bond acceptors (Lipinski definition) is 5. The van der Waals surface area contributed by atoms with Crippen LogP contribution >= 0.6 is 11.3 Å². The van der Waals surface area contributed by atoms with Gasteiger partial charge >= 0.3 is 0 Å². The summed E-state index contributed by atoms with van der Waals surface area (Å²) < 4.78 is 0. The lowest BCUT2D eigenvalue weighted by Gasteiger charge is -2.31. The van der Waals surface area contributed by atoms with Gasteiger partial charge in [0.05, 0.1) is 5.52 Å². The van der Waals surface area contributed by atoms with Gasteiger partial charge in [-0.1, -0.05) is 23.8 Å². The number of fused-ring (bicyclic) bond motifs is 2. The molecule has 0 spiro atoms. The molecule has 0 amide bonds. The van der Waals surface area contributed by atoms with Gasteiger partial charge in [0.15, 0.2) is 0 Å². The van der Waals surface area contributed by atoms with E-state index in [1.807, 2.05) is 11.6 Å². The van der Waals surface area contributed by atoms with Crippen LogP contribution in [0.25, 0.3) is 21.5 Å². The minimum atomic E-state index is 0.893. The van der Waals surface area contributed by atoms with Gasteiger partial charge in [0.2, 0.25) is 0 Å². The predicted octanol–water partition coefficient (Wildman–Crippen LogP) is 4.93. The fourth-order valence-electron chi connectivity index (χ4n) is 3.94. The number of aryl methyl sites for hydroxylation is 2. The Morgan fingerprint density at radius 2 is 1.93 bits per heavy atom. The van der Waals surface area contributed by atoms with Crippen LogP contribution in [0, 0.1) is 13.8 Å². The van der Waals surface area contributed by atoms with Crippen molar-refractivity contribution in [1.29, 1.82) is 0 Å². The van der Waals surface area contributed by atoms with Crippen molar-refractivity contribution < 1.29 is 0 Å². The zero-order chi connectivity index (χ0) is 18.4. The number of nitrogens with zero attached hydrogens (tertiary/aromatic N) is 4. The summed E-state index contributed by atoms with van der Waals surface area (Å²) in [6.07, 6.45) is 4.59. The standard InChI is InChI=1S/C22H20N4S/c1-14-3-4-16-5-7-26(12-18(16)9-14)21-19-11-17(22-23-6-8-27-22)10-15(2)20(19)24-13-25-21/h3-4,6,8-11,13H,5,7,12H2,1-2H3. The largest absolute Gasteiger partial charge is 0.351 e. The van der Waals surface area contributed by atoms with Crippen LogP contribution in [-0.2, 0) is 13.0 Å². The van der Waals surface area contributed by atoms with E-state index in [4.69, 9.17) is 0 Å². The third-order valence-corrected chi connectivity index (χ3v) is 6.08. The van der Waals surface area contributed by atoms with Gasteiger partial charge in [-0.05, 0) is 49.1 Å². The lowest BCUT2D eigenvalue weighted by molar-refractivity contribution is 0.722. The van der Waals surface area contributed by atoms with Gasteiger partial charge in [-0.3, -0.25) is 0 Å². The maximum absolute atomic E-state index is 4.69. The molecule has 134 valence electrons. The summed E-state index contributed by atoms with van der Waals surface area (Å²) in [6, 6.07) is 11.1. The number of hydrogen-bond donors (Lipinski definition) is 0. The first kappa shape index (κ1) is 16.4. The molecule has 5 rings (SSSR count). The molecular weight excluding hydrogens is 352 g/mol. The topological polar surface area (TPSA) is 41.9 Å². The van der Waals surface area contributed by atoms with E-state index < -0.39 is 0 Å². The molecule has 4 aromatic rings. The van der Waals surface area contributed by atoms with Crippen LogP contribution in [-0.4, -0.2) is 21.5 Å². The molecule has 0 radical (unpaired) electrons. The average molecular weight is 372 g/mol. The molecule has 27 heavy (non-hydrogen) atoms. The van der Waals surface area contributed by atoms with Crippen molar-refractivity contribution in [2.45, 2.75) is 26.8 Å². The van der Waals surface area contributed by atoms with Crippen molar-refractivity contribution in [2.75, 3.05) is 11.4 Å². The summed E-state index contributed by atoms with van der Waals surface area (Å²) in [6.45, 7) is 6.14. The molecule has 2 aromatic carbocycles. The molecule has 0 fully saturated rings. The second-order valence-electron chi connectivity index (χ2n) is 7.17. The van der Waals surface area contributed by atoms with Gasteiger partial charge in [-0.25, -0.2) is 15.0 Å². The molecule has 3 heterocycles.